The van der Waals surface area contributed by atoms with Crippen molar-refractivity contribution in [1.82, 2.24) is 24.1 Å². The number of anilines is 1. The zero-order chi connectivity index (χ0) is 20.0. The molecule has 29 heavy (non-hydrogen) atoms. The van der Waals surface area contributed by atoms with E-state index in [0.29, 0.717) is 18.1 Å². The van der Waals surface area contributed by atoms with Crippen LogP contribution >= 0.6 is 0 Å². The lowest BCUT2D eigenvalue weighted by Gasteiger charge is -2.24. The van der Waals surface area contributed by atoms with Crippen molar-refractivity contribution in [2.24, 2.45) is 5.73 Å². The number of carbonyl (C=O) groups is 1. The molecule has 9 heteroatoms. The van der Waals surface area contributed by atoms with Crippen molar-refractivity contribution < 1.29 is 9.53 Å². The van der Waals surface area contributed by atoms with E-state index < -0.39 is 5.91 Å². The van der Waals surface area contributed by atoms with Crippen molar-refractivity contribution in [2.75, 3.05) is 25.6 Å². The number of carbonyl (C=O) groups excluding carboxylic acids is 1. The number of amides is 1. The van der Waals surface area contributed by atoms with Crippen LogP contribution in [0.4, 0.5) is 5.82 Å². The van der Waals surface area contributed by atoms with Gasteiger partial charge < -0.3 is 20.4 Å². The molecule has 4 aromatic rings. The number of aromatic nitrogens is 5. The van der Waals surface area contributed by atoms with Gasteiger partial charge in [-0.1, -0.05) is 0 Å². The summed E-state index contributed by atoms with van der Waals surface area (Å²) < 4.78 is 9.45. The molecule has 5 rings (SSSR count). The van der Waals surface area contributed by atoms with E-state index >= 15 is 0 Å². The fraction of sp³-hybridized carbons (Fsp3) is 0.300. The van der Waals surface area contributed by atoms with Crippen LogP contribution in [0.25, 0.3) is 27.9 Å². The smallest absolute Gasteiger partial charge is 0.254 e. The van der Waals surface area contributed by atoms with Crippen LogP contribution < -0.4 is 11.1 Å². The number of nitrogens with two attached hydrogens (primary N) is 1. The number of nitrogens with zero attached hydrogens (tertiary/aromatic N) is 5. The predicted molar refractivity (Wildman–Crippen MR) is 109 cm³/mol. The van der Waals surface area contributed by atoms with Crippen LogP contribution in [-0.4, -0.2) is 50.3 Å². The van der Waals surface area contributed by atoms with E-state index in [1.54, 1.807) is 17.8 Å². The molecular weight excluding hydrogens is 370 g/mol. The Labute approximate surface area is 166 Å². The van der Waals surface area contributed by atoms with Crippen molar-refractivity contribution in [1.29, 1.82) is 0 Å². The molecule has 3 N–H and O–H groups in total. The second-order valence-corrected chi connectivity index (χ2v) is 7.13. The third-order valence-corrected chi connectivity index (χ3v) is 5.39. The highest BCUT2D eigenvalue weighted by molar-refractivity contribution is 6.00. The predicted octanol–water partition coefficient (Wildman–Crippen LogP) is 2.24. The van der Waals surface area contributed by atoms with Crippen LogP contribution in [0.3, 0.4) is 0 Å². The Morgan fingerprint density at radius 2 is 2.28 bits per heavy atom. The number of nitrogens with one attached hydrogen (secondary N) is 1. The van der Waals surface area contributed by atoms with E-state index in [1.165, 1.54) is 6.20 Å². The van der Waals surface area contributed by atoms with Gasteiger partial charge in [-0.15, -0.1) is 0 Å². The maximum Gasteiger partial charge on any atom is 0.254 e. The molecule has 148 valence electrons. The topological polar surface area (TPSA) is 112 Å². The quantitative estimate of drug-likeness (QED) is 0.552. The molecule has 0 radical (unpaired) electrons. The molecule has 1 fully saturated rings. The van der Waals surface area contributed by atoms with E-state index in [-0.39, 0.29) is 11.6 Å². The van der Waals surface area contributed by atoms with Crippen LogP contribution in [0.5, 0.6) is 0 Å². The van der Waals surface area contributed by atoms with Crippen molar-refractivity contribution in [2.45, 2.75) is 18.9 Å². The average molecular weight is 391 g/mol. The van der Waals surface area contributed by atoms with Gasteiger partial charge in [0, 0.05) is 43.1 Å². The van der Waals surface area contributed by atoms with Gasteiger partial charge in [-0.2, -0.15) is 9.61 Å². The highest BCUT2D eigenvalue weighted by Gasteiger charge is 2.22. The minimum atomic E-state index is -0.560. The molecule has 0 saturated carbocycles. The lowest BCUT2D eigenvalue weighted by molar-refractivity contribution is 0.0605. The third-order valence-electron chi connectivity index (χ3n) is 5.39. The standard InChI is InChI=1S/C20H21N7O2/c1-22-17-8-16(25-20-14(18(21)28)9-24-27(17)20)15-10-26(12-4-3-7-29-11-12)19-13(15)5-2-6-23-19/h2,5-6,8-10,12,22H,3-4,7,11H2,1H3,(H2,21,28)/t12-/m0/s1. The number of rotatable bonds is 4. The molecule has 1 saturated heterocycles. The summed E-state index contributed by atoms with van der Waals surface area (Å²) in [6, 6.07) is 6.10. The van der Waals surface area contributed by atoms with Gasteiger partial charge in [0.15, 0.2) is 5.65 Å². The summed E-state index contributed by atoms with van der Waals surface area (Å²) in [6.07, 6.45) is 7.39. The van der Waals surface area contributed by atoms with Crippen LogP contribution in [-0.2, 0) is 4.74 Å². The first-order chi connectivity index (χ1) is 14.2. The summed E-state index contributed by atoms with van der Waals surface area (Å²) in [7, 11) is 1.80. The molecule has 4 aromatic heterocycles. The largest absolute Gasteiger partial charge is 0.379 e. The molecule has 5 heterocycles. The molecule has 0 bridgehead atoms. The fourth-order valence-corrected chi connectivity index (χ4v) is 3.96. The summed E-state index contributed by atoms with van der Waals surface area (Å²) in [5, 5.41) is 8.36. The Hall–Kier alpha value is -3.46. The fourth-order valence-electron chi connectivity index (χ4n) is 3.96. The zero-order valence-corrected chi connectivity index (χ0v) is 16.0. The van der Waals surface area contributed by atoms with Gasteiger partial charge in [0.2, 0.25) is 0 Å². The first kappa shape index (κ1) is 17.6. The molecule has 1 aliphatic heterocycles. The van der Waals surface area contributed by atoms with E-state index in [9.17, 15) is 4.79 Å². The Kier molecular flexibility index (Phi) is 4.17. The second kappa shape index (κ2) is 6.85. The van der Waals surface area contributed by atoms with Gasteiger partial charge >= 0.3 is 0 Å². The lowest BCUT2D eigenvalue weighted by atomic mass is 10.1. The highest BCUT2D eigenvalue weighted by atomic mass is 16.5. The maximum absolute atomic E-state index is 11.8. The second-order valence-electron chi connectivity index (χ2n) is 7.13. The normalized spacial score (nSPS) is 17.1. The minimum absolute atomic E-state index is 0.235. The van der Waals surface area contributed by atoms with E-state index in [2.05, 4.69) is 26.2 Å². The van der Waals surface area contributed by atoms with Crippen molar-refractivity contribution in [3.8, 4) is 11.3 Å². The summed E-state index contributed by atoms with van der Waals surface area (Å²) in [5.41, 5.74) is 8.78. The van der Waals surface area contributed by atoms with Gasteiger partial charge in [-0.3, -0.25) is 4.79 Å². The van der Waals surface area contributed by atoms with E-state index in [1.807, 2.05) is 18.2 Å². The highest BCUT2D eigenvalue weighted by Crippen LogP contribution is 2.34. The molecule has 0 spiro atoms. The molecule has 1 amide bonds. The number of hydrogen-bond donors (Lipinski definition) is 2. The molecule has 1 atom stereocenters. The Balaban J connectivity index is 1.74. The van der Waals surface area contributed by atoms with Gasteiger partial charge in [-0.25, -0.2) is 9.97 Å². The molecule has 0 aliphatic carbocycles. The summed E-state index contributed by atoms with van der Waals surface area (Å²) >= 11 is 0. The van der Waals surface area contributed by atoms with Crippen molar-refractivity contribution >= 4 is 28.4 Å². The molecule has 0 unspecified atom stereocenters. The third kappa shape index (κ3) is 2.82. The van der Waals surface area contributed by atoms with E-state index in [4.69, 9.17) is 15.5 Å². The number of fused-ring (bicyclic) bond motifs is 2. The van der Waals surface area contributed by atoms with Gasteiger partial charge in [0.05, 0.1) is 24.5 Å². The number of pyridine rings is 1. The van der Waals surface area contributed by atoms with Crippen LogP contribution in [0.2, 0.25) is 0 Å². The Bertz CT molecular complexity index is 1220. The summed E-state index contributed by atoms with van der Waals surface area (Å²) in [6.45, 7) is 1.47. The molecule has 9 nitrogen and oxygen atoms in total. The Morgan fingerprint density at radius 1 is 1.38 bits per heavy atom. The SMILES string of the molecule is CNc1cc(-c2cn([C@H]3CCCOC3)c3ncccc23)nc2c(C(N)=O)cnn12. The number of primary amides is 1. The first-order valence-corrected chi connectivity index (χ1v) is 9.57. The lowest BCUT2D eigenvalue weighted by Crippen LogP contribution is -2.20. The average Bonchev–Trinajstić information content (AvgIpc) is 3.35. The number of ether oxygens (including phenoxy) is 1. The van der Waals surface area contributed by atoms with Gasteiger partial charge in [-0.05, 0) is 25.0 Å². The van der Waals surface area contributed by atoms with Gasteiger partial charge in [0.1, 0.15) is 17.0 Å². The van der Waals surface area contributed by atoms with Crippen molar-refractivity contribution in [3.05, 3.63) is 42.4 Å². The van der Waals surface area contributed by atoms with Crippen LogP contribution in [0.1, 0.15) is 29.2 Å². The summed E-state index contributed by atoms with van der Waals surface area (Å²) in [4.78, 5) is 21.2. The molecular formula is C20H21N7O2. The van der Waals surface area contributed by atoms with Crippen LogP contribution in [0, 0.1) is 0 Å². The minimum Gasteiger partial charge on any atom is -0.379 e. The van der Waals surface area contributed by atoms with Crippen LogP contribution in [0.15, 0.2) is 36.8 Å². The number of hydrogen-bond acceptors (Lipinski definition) is 6. The maximum atomic E-state index is 11.8. The summed E-state index contributed by atoms with van der Waals surface area (Å²) in [5.74, 6) is 0.151. The van der Waals surface area contributed by atoms with Gasteiger partial charge in [0.25, 0.3) is 5.91 Å². The zero-order valence-electron chi connectivity index (χ0n) is 16.0. The Morgan fingerprint density at radius 3 is 3.03 bits per heavy atom. The molecule has 1 aliphatic rings. The monoisotopic (exact) mass is 391 g/mol. The van der Waals surface area contributed by atoms with Crippen molar-refractivity contribution in [3.63, 3.8) is 0 Å². The first-order valence-electron chi connectivity index (χ1n) is 9.57. The molecule has 0 aromatic carbocycles. The van der Waals surface area contributed by atoms with E-state index in [0.717, 1.165) is 41.7 Å².